The molecule has 5 nitrogen and oxygen atoms in total. The maximum Gasteiger partial charge on any atom is 0.254 e. The number of piperidine rings is 1. The number of hydrogen-bond donors (Lipinski definition) is 0. The number of methoxy groups -OCH3 is 1. The Labute approximate surface area is 180 Å². The predicted octanol–water partition coefficient (Wildman–Crippen LogP) is 3.81. The molecule has 2 saturated heterocycles. The van der Waals surface area contributed by atoms with E-state index in [2.05, 4.69) is 35.0 Å². The first kappa shape index (κ1) is 20.9. The normalized spacial score (nSPS) is 20.9. The van der Waals surface area contributed by atoms with Crippen LogP contribution in [-0.2, 0) is 6.54 Å². The summed E-state index contributed by atoms with van der Waals surface area (Å²) < 4.78 is 5.60. The molecule has 2 fully saturated rings. The average Bonchev–Trinajstić information content (AvgIpc) is 2.80. The van der Waals surface area contributed by atoms with Crippen LogP contribution in [0.4, 0.5) is 0 Å². The van der Waals surface area contributed by atoms with Crippen LogP contribution in [0.15, 0.2) is 48.5 Å². The van der Waals surface area contributed by atoms with Gasteiger partial charge in [-0.2, -0.15) is 0 Å². The maximum atomic E-state index is 13.6. The molecule has 30 heavy (non-hydrogen) atoms. The van der Waals surface area contributed by atoms with E-state index in [1.807, 2.05) is 35.2 Å². The van der Waals surface area contributed by atoms with Crippen LogP contribution in [0.25, 0.3) is 0 Å². The molecule has 0 saturated carbocycles. The number of nitrogens with zero attached hydrogens (tertiary/aromatic N) is 3. The molecule has 0 spiro atoms. The van der Waals surface area contributed by atoms with Crippen molar-refractivity contribution in [2.24, 2.45) is 0 Å². The van der Waals surface area contributed by atoms with Crippen molar-refractivity contribution >= 4 is 5.91 Å². The largest absolute Gasteiger partial charge is 0.496 e. The number of carbonyl (C=O) groups is 1. The lowest BCUT2D eigenvalue weighted by Gasteiger charge is -2.40. The van der Waals surface area contributed by atoms with Crippen molar-refractivity contribution in [1.82, 2.24) is 14.7 Å². The van der Waals surface area contributed by atoms with Crippen molar-refractivity contribution in [1.29, 1.82) is 0 Å². The minimum atomic E-state index is 0.133. The van der Waals surface area contributed by atoms with Gasteiger partial charge in [-0.3, -0.25) is 14.6 Å². The minimum Gasteiger partial charge on any atom is -0.496 e. The van der Waals surface area contributed by atoms with E-state index < -0.39 is 0 Å². The Morgan fingerprint density at radius 1 is 0.967 bits per heavy atom. The molecule has 5 heteroatoms. The summed E-state index contributed by atoms with van der Waals surface area (Å²) in [6.07, 6.45) is 3.84. The van der Waals surface area contributed by atoms with Crippen molar-refractivity contribution in [2.45, 2.75) is 31.8 Å². The van der Waals surface area contributed by atoms with E-state index in [0.717, 1.165) is 55.2 Å². The molecule has 0 N–H and O–H groups in total. The molecular formula is C25H33N3O2. The molecule has 0 bridgehead atoms. The van der Waals surface area contributed by atoms with E-state index in [0.29, 0.717) is 6.54 Å². The molecule has 2 aliphatic rings. The fraction of sp³-hybridized carbons (Fsp3) is 0.480. The third-order valence-electron chi connectivity index (χ3n) is 6.52. The molecule has 4 rings (SSSR count). The van der Waals surface area contributed by atoms with Crippen LogP contribution < -0.4 is 4.74 Å². The van der Waals surface area contributed by atoms with Crippen LogP contribution in [0.1, 0.15) is 46.8 Å². The Morgan fingerprint density at radius 2 is 1.70 bits per heavy atom. The highest BCUT2D eigenvalue weighted by Crippen LogP contribution is 2.32. The fourth-order valence-corrected chi connectivity index (χ4v) is 4.73. The Balaban J connectivity index is 1.53. The summed E-state index contributed by atoms with van der Waals surface area (Å²) in [4.78, 5) is 20.4. The monoisotopic (exact) mass is 407 g/mol. The second-order valence-corrected chi connectivity index (χ2v) is 8.48. The smallest absolute Gasteiger partial charge is 0.254 e. The van der Waals surface area contributed by atoms with Gasteiger partial charge in [0.15, 0.2) is 0 Å². The van der Waals surface area contributed by atoms with Gasteiger partial charge in [-0.05, 0) is 50.7 Å². The Morgan fingerprint density at radius 3 is 2.50 bits per heavy atom. The third kappa shape index (κ3) is 4.52. The number of para-hydroxylation sites is 1. The second kappa shape index (κ2) is 9.63. The second-order valence-electron chi connectivity index (χ2n) is 8.48. The molecule has 2 aromatic carbocycles. The van der Waals surface area contributed by atoms with Gasteiger partial charge in [-0.15, -0.1) is 0 Å². The lowest BCUT2D eigenvalue weighted by atomic mass is 9.99. The first-order valence-corrected chi connectivity index (χ1v) is 11.1. The summed E-state index contributed by atoms with van der Waals surface area (Å²) in [6.45, 7) is 5.40. The van der Waals surface area contributed by atoms with Crippen molar-refractivity contribution in [3.63, 3.8) is 0 Å². The van der Waals surface area contributed by atoms with Crippen molar-refractivity contribution < 1.29 is 9.53 Å². The summed E-state index contributed by atoms with van der Waals surface area (Å²) in [5.41, 5.74) is 3.14. The van der Waals surface area contributed by atoms with Gasteiger partial charge in [0, 0.05) is 37.3 Å². The van der Waals surface area contributed by atoms with E-state index in [-0.39, 0.29) is 11.9 Å². The number of likely N-dealkylation sites (N-methyl/N-ethyl adjacent to an activating group) is 1. The van der Waals surface area contributed by atoms with Gasteiger partial charge in [0.2, 0.25) is 0 Å². The predicted molar refractivity (Wildman–Crippen MR) is 120 cm³/mol. The van der Waals surface area contributed by atoms with Crippen LogP contribution in [0.2, 0.25) is 0 Å². The van der Waals surface area contributed by atoms with Gasteiger partial charge >= 0.3 is 0 Å². The van der Waals surface area contributed by atoms with Crippen LogP contribution in [-0.4, -0.2) is 67.5 Å². The quantitative estimate of drug-likeness (QED) is 0.755. The minimum absolute atomic E-state index is 0.133. The number of rotatable bonds is 5. The highest BCUT2D eigenvalue weighted by atomic mass is 16.5. The van der Waals surface area contributed by atoms with Crippen LogP contribution in [0.5, 0.6) is 5.75 Å². The van der Waals surface area contributed by atoms with Crippen LogP contribution in [0, 0.1) is 0 Å². The lowest BCUT2D eigenvalue weighted by molar-refractivity contribution is 0.0540. The maximum absolute atomic E-state index is 13.6. The number of carbonyl (C=O) groups excluding carboxylic acids is 1. The molecule has 2 aromatic rings. The van der Waals surface area contributed by atoms with Gasteiger partial charge < -0.3 is 9.64 Å². The topological polar surface area (TPSA) is 36.0 Å². The number of hydrogen-bond acceptors (Lipinski definition) is 4. The summed E-state index contributed by atoms with van der Waals surface area (Å²) in [7, 11) is 3.84. The number of benzene rings is 2. The lowest BCUT2D eigenvalue weighted by Crippen LogP contribution is -2.49. The zero-order valence-corrected chi connectivity index (χ0v) is 18.2. The van der Waals surface area contributed by atoms with Gasteiger partial charge in [0.1, 0.15) is 5.75 Å². The molecule has 1 amide bonds. The highest BCUT2D eigenvalue weighted by molar-refractivity contribution is 5.95. The molecule has 160 valence electrons. The number of likely N-dealkylation sites (tertiary alicyclic amines) is 1. The number of piperazine rings is 1. The fourth-order valence-electron chi connectivity index (χ4n) is 4.73. The van der Waals surface area contributed by atoms with E-state index >= 15 is 0 Å². The molecular weight excluding hydrogens is 374 g/mol. The summed E-state index contributed by atoms with van der Waals surface area (Å²) in [5, 5.41) is 0. The van der Waals surface area contributed by atoms with Gasteiger partial charge in [-0.1, -0.05) is 42.8 Å². The molecule has 2 aliphatic heterocycles. The van der Waals surface area contributed by atoms with Gasteiger partial charge in [0.25, 0.3) is 5.91 Å². The van der Waals surface area contributed by atoms with E-state index in [9.17, 15) is 4.79 Å². The SMILES string of the molecule is COc1ccccc1C1CN(C(=O)c2ccccc2CN2CCCCC2)CCN1C. The molecule has 1 atom stereocenters. The first-order valence-electron chi connectivity index (χ1n) is 11.1. The Kier molecular flexibility index (Phi) is 6.70. The Bertz CT molecular complexity index is 863. The number of ether oxygens (including phenoxy) is 1. The zero-order chi connectivity index (χ0) is 20.9. The van der Waals surface area contributed by atoms with Gasteiger partial charge in [-0.25, -0.2) is 0 Å². The third-order valence-corrected chi connectivity index (χ3v) is 6.52. The molecule has 0 aliphatic carbocycles. The average molecular weight is 408 g/mol. The standard InChI is InChI=1S/C25H33N3O2/c1-26-16-17-28(19-23(26)22-12-6-7-13-24(22)30-2)25(29)21-11-5-4-10-20(21)18-27-14-8-3-9-15-27/h4-7,10-13,23H,3,8-9,14-19H2,1-2H3. The van der Waals surface area contributed by atoms with Crippen LogP contribution in [0.3, 0.4) is 0 Å². The van der Waals surface area contributed by atoms with Crippen molar-refractivity contribution in [2.75, 3.05) is 46.9 Å². The molecule has 2 heterocycles. The molecule has 0 aromatic heterocycles. The van der Waals surface area contributed by atoms with E-state index in [1.165, 1.54) is 19.3 Å². The van der Waals surface area contributed by atoms with Crippen molar-refractivity contribution in [3.8, 4) is 5.75 Å². The Hall–Kier alpha value is -2.37. The first-order chi connectivity index (χ1) is 14.7. The summed E-state index contributed by atoms with van der Waals surface area (Å²) >= 11 is 0. The zero-order valence-electron chi connectivity index (χ0n) is 18.2. The molecule has 1 unspecified atom stereocenters. The van der Waals surface area contributed by atoms with E-state index in [1.54, 1.807) is 7.11 Å². The molecule has 0 radical (unpaired) electrons. The highest BCUT2D eigenvalue weighted by Gasteiger charge is 2.31. The van der Waals surface area contributed by atoms with E-state index in [4.69, 9.17) is 4.74 Å². The summed E-state index contributed by atoms with van der Waals surface area (Å²) in [5.74, 6) is 1.03. The number of amides is 1. The van der Waals surface area contributed by atoms with Crippen LogP contribution >= 0.6 is 0 Å². The summed E-state index contributed by atoms with van der Waals surface area (Å²) in [6, 6.07) is 16.4. The van der Waals surface area contributed by atoms with Gasteiger partial charge in [0.05, 0.1) is 13.2 Å². The van der Waals surface area contributed by atoms with Crippen molar-refractivity contribution in [3.05, 3.63) is 65.2 Å².